The van der Waals surface area contributed by atoms with E-state index >= 15 is 0 Å². The number of rotatable bonds is 4. The van der Waals surface area contributed by atoms with Crippen LogP contribution in [0, 0.1) is 0 Å². The van der Waals surface area contributed by atoms with Gasteiger partial charge in [0.05, 0.1) is 6.61 Å². The Balaban J connectivity index is 3.69. The molecule has 0 aliphatic heterocycles. The van der Waals surface area contributed by atoms with E-state index in [0.29, 0.717) is 6.42 Å². The second kappa shape index (κ2) is 6.22. The van der Waals surface area contributed by atoms with Crippen molar-refractivity contribution in [1.29, 1.82) is 0 Å². The Morgan fingerprint density at radius 2 is 1.87 bits per heavy atom. The van der Waals surface area contributed by atoms with Crippen molar-refractivity contribution in [3.8, 4) is 0 Å². The van der Waals surface area contributed by atoms with Crippen LogP contribution in [0.3, 0.4) is 0 Å². The number of carbonyl (C=O) groups excluding carboxylic acids is 2. The normalized spacial score (nSPS) is 11.5. The first kappa shape index (κ1) is 13.7. The molecule has 0 bridgehead atoms. The van der Waals surface area contributed by atoms with Gasteiger partial charge in [0.15, 0.2) is 0 Å². The molecule has 0 aromatic carbocycles. The SMILES string of the molecule is CC(=O)OCCC=CC(=O)OC(C)(C)C. The predicted octanol–water partition coefficient (Wildman–Crippen LogP) is 1.84. The highest BCUT2D eigenvalue weighted by Gasteiger charge is 2.13. The van der Waals surface area contributed by atoms with Crippen LogP contribution in [0.2, 0.25) is 0 Å². The van der Waals surface area contributed by atoms with Crippen LogP contribution in [0.1, 0.15) is 34.1 Å². The maximum Gasteiger partial charge on any atom is 0.330 e. The lowest BCUT2D eigenvalue weighted by Gasteiger charge is -2.17. The molecule has 0 heterocycles. The van der Waals surface area contributed by atoms with Gasteiger partial charge in [-0.25, -0.2) is 4.79 Å². The van der Waals surface area contributed by atoms with Crippen molar-refractivity contribution in [2.75, 3.05) is 6.61 Å². The Bertz CT molecular complexity index is 248. The molecule has 0 aromatic heterocycles. The van der Waals surface area contributed by atoms with Crippen molar-refractivity contribution in [3.05, 3.63) is 12.2 Å². The second-order valence-electron chi connectivity index (χ2n) is 4.06. The van der Waals surface area contributed by atoms with Gasteiger partial charge in [-0.1, -0.05) is 6.08 Å². The Morgan fingerprint density at radius 1 is 1.27 bits per heavy atom. The molecular weight excluding hydrogens is 196 g/mol. The number of esters is 2. The fourth-order valence-corrected chi connectivity index (χ4v) is 0.786. The van der Waals surface area contributed by atoms with Crippen molar-refractivity contribution in [2.45, 2.75) is 39.7 Å². The molecule has 0 amide bonds. The van der Waals surface area contributed by atoms with Gasteiger partial charge in [-0.15, -0.1) is 0 Å². The molecule has 0 radical (unpaired) electrons. The van der Waals surface area contributed by atoms with E-state index in [9.17, 15) is 9.59 Å². The standard InChI is InChI=1S/C11H18O4/c1-9(12)14-8-6-5-7-10(13)15-11(2,3)4/h5,7H,6,8H2,1-4H3. The molecule has 0 rings (SSSR count). The van der Waals surface area contributed by atoms with E-state index in [2.05, 4.69) is 4.74 Å². The number of hydrogen-bond donors (Lipinski definition) is 0. The lowest BCUT2D eigenvalue weighted by Crippen LogP contribution is -2.22. The van der Waals surface area contributed by atoms with Crippen LogP contribution >= 0.6 is 0 Å². The maximum atomic E-state index is 11.1. The monoisotopic (exact) mass is 214 g/mol. The van der Waals surface area contributed by atoms with E-state index in [1.165, 1.54) is 13.0 Å². The van der Waals surface area contributed by atoms with Crippen molar-refractivity contribution in [1.82, 2.24) is 0 Å². The Labute approximate surface area is 90.2 Å². The Morgan fingerprint density at radius 3 is 2.33 bits per heavy atom. The molecule has 0 aromatic rings. The molecule has 0 saturated carbocycles. The molecule has 0 fully saturated rings. The molecule has 0 unspecified atom stereocenters. The van der Waals surface area contributed by atoms with Crippen LogP contribution in [-0.2, 0) is 19.1 Å². The Hall–Kier alpha value is -1.32. The van der Waals surface area contributed by atoms with Crippen LogP contribution in [0.4, 0.5) is 0 Å². The summed E-state index contributed by atoms with van der Waals surface area (Å²) in [4.78, 5) is 21.5. The highest BCUT2D eigenvalue weighted by molar-refractivity contribution is 5.82. The summed E-state index contributed by atoms with van der Waals surface area (Å²) in [5.41, 5.74) is -0.475. The molecular formula is C11H18O4. The summed E-state index contributed by atoms with van der Waals surface area (Å²) in [7, 11) is 0. The van der Waals surface area contributed by atoms with Crippen LogP contribution < -0.4 is 0 Å². The van der Waals surface area contributed by atoms with Gasteiger partial charge >= 0.3 is 11.9 Å². The molecule has 0 N–H and O–H groups in total. The summed E-state index contributed by atoms with van der Waals surface area (Å²) in [6.45, 7) is 7.04. The minimum atomic E-state index is -0.475. The molecule has 0 spiro atoms. The largest absolute Gasteiger partial charge is 0.466 e. The summed E-state index contributed by atoms with van der Waals surface area (Å²) in [5, 5.41) is 0. The van der Waals surface area contributed by atoms with Gasteiger partial charge in [-0.3, -0.25) is 4.79 Å². The first-order valence-electron chi connectivity index (χ1n) is 4.84. The van der Waals surface area contributed by atoms with E-state index in [0.717, 1.165) is 0 Å². The number of hydrogen-bond acceptors (Lipinski definition) is 4. The summed E-state index contributed by atoms with van der Waals surface area (Å²) in [6, 6.07) is 0. The van der Waals surface area contributed by atoms with Gasteiger partial charge in [0.25, 0.3) is 0 Å². The smallest absolute Gasteiger partial charge is 0.330 e. The fraction of sp³-hybridized carbons (Fsp3) is 0.636. The van der Waals surface area contributed by atoms with Crippen molar-refractivity contribution in [3.63, 3.8) is 0 Å². The average Bonchev–Trinajstić information content (AvgIpc) is 1.99. The quantitative estimate of drug-likeness (QED) is 0.407. The van der Waals surface area contributed by atoms with Crippen LogP contribution in [-0.4, -0.2) is 24.1 Å². The molecule has 86 valence electrons. The van der Waals surface area contributed by atoms with E-state index in [-0.39, 0.29) is 18.5 Å². The van der Waals surface area contributed by atoms with E-state index < -0.39 is 5.60 Å². The fourth-order valence-electron chi connectivity index (χ4n) is 0.786. The van der Waals surface area contributed by atoms with E-state index in [4.69, 9.17) is 4.74 Å². The molecule has 4 heteroatoms. The van der Waals surface area contributed by atoms with Crippen molar-refractivity contribution in [2.24, 2.45) is 0 Å². The zero-order chi connectivity index (χ0) is 11.9. The zero-order valence-corrected chi connectivity index (χ0v) is 9.70. The molecule has 4 nitrogen and oxygen atoms in total. The maximum absolute atomic E-state index is 11.1. The van der Waals surface area contributed by atoms with Crippen LogP contribution in [0.15, 0.2) is 12.2 Å². The van der Waals surface area contributed by atoms with Gasteiger partial charge in [0, 0.05) is 19.4 Å². The highest BCUT2D eigenvalue weighted by Crippen LogP contribution is 2.07. The first-order chi connectivity index (χ1) is 6.81. The molecule has 0 aliphatic carbocycles. The van der Waals surface area contributed by atoms with Gasteiger partial charge in [-0.05, 0) is 20.8 Å². The van der Waals surface area contributed by atoms with Crippen molar-refractivity contribution >= 4 is 11.9 Å². The summed E-state index contributed by atoms with van der Waals surface area (Å²) >= 11 is 0. The minimum absolute atomic E-state index is 0.286. The highest BCUT2D eigenvalue weighted by atomic mass is 16.6. The summed E-state index contributed by atoms with van der Waals surface area (Å²) in [6.07, 6.45) is 3.48. The lowest BCUT2D eigenvalue weighted by molar-refractivity contribution is -0.148. The van der Waals surface area contributed by atoms with Crippen LogP contribution in [0.25, 0.3) is 0 Å². The number of carbonyl (C=O) groups is 2. The van der Waals surface area contributed by atoms with Gasteiger partial charge in [0.2, 0.25) is 0 Å². The zero-order valence-electron chi connectivity index (χ0n) is 9.70. The number of ether oxygens (including phenoxy) is 2. The van der Waals surface area contributed by atoms with Gasteiger partial charge in [-0.2, -0.15) is 0 Å². The Kier molecular flexibility index (Phi) is 5.67. The predicted molar refractivity (Wildman–Crippen MR) is 56.2 cm³/mol. The lowest BCUT2D eigenvalue weighted by atomic mass is 10.2. The van der Waals surface area contributed by atoms with Gasteiger partial charge in [0.1, 0.15) is 5.60 Å². The molecule has 0 atom stereocenters. The summed E-state index contributed by atoms with van der Waals surface area (Å²) < 4.78 is 9.71. The summed E-state index contributed by atoms with van der Waals surface area (Å²) in [5.74, 6) is -0.703. The molecule has 0 saturated heterocycles. The molecule has 0 aliphatic rings. The second-order valence-corrected chi connectivity index (χ2v) is 4.06. The van der Waals surface area contributed by atoms with Crippen molar-refractivity contribution < 1.29 is 19.1 Å². The first-order valence-corrected chi connectivity index (χ1v) is 4.84. The van der Waals surface area contributed by atoms with Crippen LogP contribution in [0.5, 0.6) is 0 Å². The average molecular weight is 214 g/mol. The topological polar surface area (TPSA) is 52.6 Å². The third-order valence-corrected chi connectivity index (χ3v) is 1.25. The third kappa shape index (κ3) is 10.6. The third-order valence-electron chi connectivity index (χ3n) is 1.25. The van der Waals surface area contributed by atoms with E-state index in [1.54, 1.807) is 26.8 Å². The van der Waals surface area contributed by atoms with Gasteiger partial charge < -0.3 is 9.47 Å². The minimum Gasteiger partial charge on any atom is -0.466 e. The van der Waals surface area contributed by atoms with E-state index in [1.807, 2.05) is 0 Å². The molecule has 15 heavy (non-hydrogen) atoms.